The maximum absolute atomic E-state index is 5.83. The van der Waals surface area contributed by atoms with Gasteiger partial charge in [-0.25, -0.2) is 0 Å². The van der Waals surface area contributed by atoms with Crippen molar-refractivity contribution in [2.45, 2.75) is 31.9 Å². The highest BCUT2D eigenvalue weighted by atomic mass is 16.5. The van der Waals surface area contributed by atoms with Crippen molar-refractivity contribution in [3.05, 3.63) is 24.3 Å². The quantitative estimate of drug-likeness (QED) is 0.799. The number of nitrogens with one attached hydrogen (secondary N) is 1. The minimum absolute atomic E-state index is 0.164. The molecule has 3 heteroatoms. The summed E-state index contributed by atoms with van der Waals surface area (Å²) in [6.07, 6.45) is 2.78. The standard InChI is InChI=1S/C13H19NO2/c1-10(9-14-11-7-8-11)16-13-6-4-3-5-12(13)15-2/h3-6,10-11,14H,7-9H2,1-2H3. The van der Waals surface area contributed by atoms with Crippen molar-refractivity contribution in [2.24, 2.45) is 0 Å². The van der Waals surface area contributed by atoms with E-state index in [4.69, 9.17) is 9.47 Å². The highest BCUT2D eigenvalue weighted by molar-refractivity contribution is 5.39. The number of methoxy groups -OCH3 is 1. The lowest BCUT2D eigenvalue weighted by atomic mass is 10.3. The lowest BCUT2D eigenvalue weighted by molar-refractivity contribution is 0.207. The van der Waals surface area contributed by atoms with Crippen molar-refractivity contribution in [3.8, 4) is 11.5 Å². The van der Waals surface area contributed by atoms with Crippen LogP contribution in [0.5, 0.6) is 11.5 Å². The molecule has 1 atom stereocenters. The Morgan fingerprint density at radius 3 is 2.62 bits per heavy atom. The van der Waals surface area contributed by atoms with E-state index < -0.39 is 0 Å². The molecule has 1 fully saturated rings. The van der Waals surface area contributed by atoms with E-state index in [1.165, 1.54) is 12.8 Å². The second-order valence-electron chi connectivity index (χ2n) is 4.26. The predicted molar refractivity (Wildman–Crippen MR) is 64.1 cm³/mol. The summed E-state index contributed by atoms with van der Waals surface area (Å²) in [6, 6.07) is 8.48. The fourth-order valence-electron chi connectivity index (χ4n) is 1.59. The Hall–Kier alpha value is -1.22. The van der Waals surface area contributed by atoms with Crippen LogP contribution in [0.15, 0.2) is 24.3 Å². The fourth-order valence-corrected chi connectivity index (χ4v) is 1.59. The van der Waals surface area contributed by atoms with Crippen LogP contribution in [0.2, 0.25) is 0 Å². The van der Waals surface area contributed by atoms with E-state index in [9.17, 15) is 0 Å². The third-order valence-corrected chi connectivity index (χ3v) is 2.67. The van der Waals surface area contributed by atoms with E-state index >= 15 is 0 Å². The molecule has 1 aliphatic rings. The van der Waals surface area contributed by atoms with Crippen molar-refractivity contribution >= 4 is 0 Å². The Labute approximate surface area is 96.8 Å². The van der Waals surface area contributed by atoms with Crippen molar-refractivity contribution < 1.29 is 9.47 Å². The molecule has 16 heavy (non-hydrogen) atoms. The average Bonchev–Trinajstić information content (AvgIpc) is 3.11. The number of hydrogen-bond donors (Lipinski definition) is 1. The second kappa shape index (κ2) is 5.21. The summed E-state index contributed by atoms with van der Waals surface area (Å²) in [6.45, 7) is 2.96. The molecule has 1 aromatic carbocycles. The molecule has 0 saturated heterocycles. The van der Waals surface area contributed by atoms with E-state index in [1.807, 2.05) is 24.3 Å². The van der Waals surface area contributed by atoms with Gasteiger partial charge in [0, 0.05) is 12.6 Å². The second-order valence-corrected chi connectivity index (χ2v) is 4.26. The van der Waals surface area contributed by atoms with E-state index in [0.717, 1.165) is 24.1 Å². The summed E-state index contributed by atoms with van der Waals surface area (Å²) in [5.74, 6) is 1.61. The number of rotatable bonds is 6. The molecule has 2 rings (SSSR count). The topological polar surface area (TPSA) is 30.5 Å². The predicted octanol–water partition coefficient (Wildman–Crippen LogP) is 2.21. The van der Waals surface area contributed by atoms with Gasteiger partial charge in [-0.1, -0.05) is 12.1 Å². The summed E-state index contributed by atoms with van der Waals surface area (Å²) in [5.41, 5.74) is 0. The Morgan fingerprint density at radius 2 is 2.00 bits per heavy atom. The van der Waals surface area contributed by atoms with E-state index in [0.29, 0.717) is 0 Å². The maximum atomic E-state index is 5.83. The normalized spacial score (nSPS) is 16.9. The minimum atomic E-state index is 0.164. The largest absolute Gasteiger partial charge is 0.493 e. The van der Waals surface area contributed by atoms with Gasteiger partial charge in [-0.2, -0.15) is 0 Å². The van der Waals surface area contributed by atoms with Gasteiger partial charge in [0.15, 0.2) is 11.5 Å². The lowest BCUT2D eigenvalue weighted by Crippen LogP contribution is -2.30. The van der Waals surface area contributed by atoms with Crippen LogP contribution in [0.25, 0.3) is 0 Å². The molecule has 0 spiro atoms. The van der Waals surface area contributed by atoms with Crippen molar-refractivity contribution in [1.82, 2.24) is 5.32 Å². The molecular weight excluding hydrogens is 202 g/mol. The van der Waals surface area contributed by atoms with Crippen LogP contribution >= 0.6 is 0 Å². The van der Waals surface area contributed by atoms with Gasteiger partial charge in [0.1, 0.15) is 6.10 Å². The maximum Gasteiger partial charge on any atom is 0.161 e. The molecule has 1 saturated carbocycles. The van der Waals surface area contributed by atoms with E-state index in [2.05, 4.69) is 12.2 Å². The van der Waals surface area contributed by atoms with Gasteiger partial charge in [0.25, 0.3) is 0 Å². The molecule has 1 unspecified atom stereocenters. The lowest BCUT2D eigenvalue weighted by Gasteiger charge is -2.17. The zero-order valence-corrected chi connectivity index (χ0v) is 9.90. The monoisotopic (exact) mass is 221 g/mol. The van der Waals surface area contributed by atoms with Crippen molar-refractivity contribution in [1.29, 1.82) is 0 Å². The molecule has 1 aliphatic carbocycles. The SMILES string of the molecule is COc1ccccc1OC(C)CNC1CC1. The average molecular weight is 221 g/mol. The van der Waals surface area contributed by atoms with Crippen LogP contribution in [-0.2, 0) is 0 Å². The van der Waals surface area contributed by atoms with Crippen molar-refractivity contribution in [3.63, 3.8) is 0 Å². The van der Waals surface area contributed by atoms with Crippen molar-refractivity contribution in [2.75, 3.05) is 13.7 Å². The van der Waals surface area contributed by atoms with Gasteiger partial charge in [-0.05, 0) is 31.9 Å². The number of para-hydroxylation sites is 2. The smallest absolute Gasteiger partial charge is 0.161 e. The summed E-state index contributed by atoms with van der Waals surface area (Å²) in [5, 5.41) is 3.45. The van der Waals surface area contributed by atoms with Crippen LogP contribution in [-0.4, -0.2) is 25.8 Å². The molecule has 0 bridgehead atoms. The van der Waals surface area contributed by atoms with Gasteiger partial charge < -0.3 is 14.8 Å². The molecule has 1 aromatic rings. The summed E-state index contributed by atoms with van der Waals surface area (Å²) in [4.78, 5) is 0. The fraction of sp³-hybridized carbons (Fsp3) is 0.538. The molecule has 88 valence electrons. The molecule has 1 N–H and O–H groups in total. The first-order valence-electron chi connectivity index (χ1n) is 5.82. The van der Waals surface area contributed by atoms with Crippen LogP contribution in [0.4, 0.5) is 0 Å². The molecular formula is C13H19NO2. The summed E-state index contributed by atoms with van der Waals surface area (Å²) < 4.78 is 11.1. The third kappa shape index (κ3) is 3.14. The van der Waals surface area contributed by atoms with Crippen LogP contribution < -0.4 is 14.8 Å². The molecule has 0 radical (unpaired) electrons. The third-order valence-electron chi connectivity index (χ3n) is 2.67. The molecule has 3 nitrogen and oxygen atoms in total. The summed E-state index contributed by atoms with van der Waals surface area (Å²) >= 11 is 0. The van der Waals surface area contributed by atoms with E-state index in [1.54, 1.807) is 7.11 Å². The zero-order chi connectivity index (χ0) is 11.4. The van der Waals surface area contributed by atoms with Gasteiger partial charge >= 0.3 is 0 Å². The van der Waals surface area contributed by atoms with Crippen LogP contribution in [0.1, 0.15) is 19.8 Å². The molecule has 0 heterocycles. The van der Waals surface area contributed by atoms with Gasteiger partial charge in [0.05, 0.1) is 7.11 Å². The number of hydrogen-bond acceptors (Lipinski definition) is 3. The zero-order valence-electron chi connectivity index (χ0n) is 9.90. The Kier molecular flexibility index (Phi) is 3.67. The van der Waals surface area contributed by atoms with Gasteiger partial charge in [-0.3, -0.25) is 0 Å². The summed E-state index contributed by atoms with van der Waals surface area (Å²) in [7, 11) is 1.66. The van der Waals surface area contributed by atoms with Crippen LogP contribution in [0, 0.1) is 0 Å². The minimum Gasteiger partial charge on any atom is -0.493 e. The van der Waals surface area contributed by atoms with Gasteiger partial charge in [-0.15, -0.1) is 0 Å². The Bertz CT molecular complexity index is 336. The Morgan fingerprint density at radius 1 is 1.31 bits per heavy atom. The number of benzene rings is 1. The molecule has 0 aromatic heterocycles. The first kappa shape index (κ1) is 11.3. The highest BCUT2D eigenvalue weighted by Gasteiger charge is 2.21. The van der Waals surface area contributed by atoms with E-state index in [-0.39, 0.29) is 6.10 Å². The van der Waals surface area contributed by atoms with Gasteiger partial charge in [0.2, 0.25) is 0 Å². The molecule has 0 aliphatic heterocycles. The first-order valence-corrected chi connectivity index (χ1v) is 5.82. The molecule has 0 amide bonds. The Balaban J connectivity index is 1.85. The number of ether oxygens (including phenoxy) is 2. The highest BCUT2D eigenvalue weighted by Crippen LogP contribution is 2.26. The van der Waals surface area contributed by atoms with Crippen LogP contribution in [0.3, 0.4) is 0 Å². The first-order chi connectivity index (χ1) is 7.79.